The largest absolute Gasteiger partial charge is 0.494 e. The lowest BCUT2D eigenvalue weighted by Gasteiger charge is -2.30. The Bertz CT molecular complexity index is 1240. The topological polar surface area (TPSA) is 79.8 Å². The zero-order chi connectivity index (χ0) is 24.5. The molecular weight excluding hydrogens is 449 g/mol. The number of likely N-dealkylation sites (N-methyl/N-ethyl adjacent to an activating group) is 1. The third-order valence-corrected chi connectivity index (χ3v) is 7.00. The number of pyridine rings is 2. The number of nitrogens with one attached hydrogen (secondary N) is 1. The average Bonchev–Trinajstić information content (AvgIpc) is 3.31. The summed E-state index contributed by atoms with van der Waals surface area (Å²) >= 11 is 0. The monoisotopic (exact) mass is 479 g/mol. The molecule has 35 heavy (non-hydrogen) atoms. The number of benzene rings is 1. The van der Waals surface area contributed by atoms with E-state index in [1.165, 1.54) is 13.2 Å². The molecule has 0 saturated carbocycles. The van der Waals surface area contributed by atoms with Crippen LogP contribution in [0.15, 0.2) is 36.5 Å². The maximum Gasteiger partial charge on any atom is 0.227 e. The normalized spacial score (nSPS) is 19.8. The Morgan fingerprint density at radius 1 is 1.23 bits per heavy atom. The van der Waals surface area contributed by atoms with Crippen LogP contribution in [-0.2, 0) is 4.79 Å². The summed E-state index contributed by atoms with van der Waals surface area (Å²) in [4.78, 5) is 26.0. The highest BCUT2D eigenvalue weighted by atomic mass is 19.1. The number of halogens is 1. The molecule has 2 unspecified atom stereocenters. The van der Waals surface area contributed by atoms with E-state index in [1.54, 1.807) is 12.3 Å². The summed E-state index contributed by atoms with van der Waals surface area (Å²) in [6.45, 7) is 3.39. The molecule has 2 saturated heterocycles. The molecule has 2 aliphatic rings. The fourth-order valence-corrected chi connectivity index (χ4v) is 5.04. The van der Waals surface area contributed by atoms with E-state index in [2.05, 4.69) is 15.2 Å². The third-order valence-electron chi connectivity index (χ3n) is 7.00. The number of piperidine rings is 1. The van der Waals surface area contributed by atoms with Crippen molar-refractivity contribution < 1.29 is 18.7 Å². The lowest BCUT2D eigenvalue weighted by Crippen LogP contribution is -2.42. The van der Waals surface area contributed by atoms with Crippen LogP contribution >= 0.6 is 0 Å². The molecule has 2 atom stereocenters. The van der Waals surface area contributed by atoms with Crippen molar-refractivity contribution in [3.63, 3.8) is 0 Å². The van der Waals surface area contributed by atoms with Gasteiger partial charge in [0.1, 0.15) is 6.61 Å². The van der Waals surface area contributed by atoms with E-state index in [-0.39, 0.29) is 17.6 Å². The van der Waals surface area contributed by atoms with Gasteiger partial charge >= 0.3 is 0 Å². The molecule has 1 N–H and O–H groups in total. The van der Waals surface area contributed by atoms with Crippen molar-refractivity contribution in [2.75, 3.05) is 58.9 Å². The molecule has 184 valence electrons. The van der Waals surface area contributed by atoms with E-state index in [0.717, 1.165) is 37.3 Å². The number of likely N-dealkylation sites (tertiary alicyclic amines) is 1. The number of hydrogen-bond acceptors (Lipinski definition) is 7. The number of anilines is 1. The van der Waals surface area contributed by atoms with E-state index in [1.807, 2.05) is 37.2 Å². The van der Waals surface area contributed by atoms with Crippen LogP contribution in [0.2, 0.25) is 0 Å². The molecule has 2 fully saturated rings. The highest BCUT2D eigenvalue weighted by molar-refractivity contribution is 5.96. The van der Waals surface area contributed by atoms with Gasteiger partial charge in [-0.15, -0.1) is 0 Å². The Labute approximate surface area is 204 Å². The molecule has 2 aliphatic heterocycles. The Hall–Kier alpha value is -3.46. The Balaban J connectivity index is 1.54. The summed E-state index contributed by atoms with van der Waals surface area (Å²) in [5.41, 5.74) is 3.03. The van der Waals surface area contributed by atoms with E-state index < -0.39 is 5.82 Å². The van der Waals surface area contributed by atoms with Crippen LogP contribution < -0.4 is 19.7 Å². The Morgan fingerprint density at radius 2 is 2.09 bits per heavy atom. The molecule has 8 nitrogen and oxygen atoms in total. The van der Waals surface area contributed by atoms with Crippen molar-refractivity contribution in [2.45, 2.75) is 6.42 Å². The summed E-state index contributed by atoms with van der Waals surface area (Å²) < 4.78 is 25.6. The number of nitrogens with zero attached hydrogens (tertiary/aromatic N) is 4. The van der Waals surface area contributed by atoms with E-state index in [9.17, 15) is 9.18 Å². The summed E-state index contributed by atoms with van der Waals surface area (Å²) in [7, 11) is 5.17. The molecular formula is C26H30FN5O3. The number of fused-ring (bicyclic) bond motifs is 2. The van der Waals surface area contributed by atoms with Gasteiger partial charge < -0.3 is 24.6 Å². The first kappa shape index (κ1) is 23.3. The van der Waals surface area contributed by atoms with Crippen molar-refractivity contribution in [1.82, 2.24) is 20.2 Å². The molecule has 0 spiro atoms. The van der Waals surface area contributed by atoms with E-state index in [4.69, 9.17) is 14.5 Å². The SMILES string of the molecule is CNCCOc1ccc(-c2cc(N3CC4CCN(C)C(=O)C4C3)c3cc(F)c(OC)cc3n2)cn1. The molecule has 4 heterocycles. The van der Waals surface area contributed by atoms with Gasteiger partial charge in [-0.25, -0.2) is 14.4 Å². The van der Waals surface area contributed by atoms with Gasteiger partial charge in [0.15, 0.2) is 11.6 Å². The number of amides is 1. The van der Waals surface area contributed by atoms with Crippen LogP contribution in [0.4, 0.5) is 10.1 Å². The summed E-state index contributed by atoms with van der Waals surface area (Å²) in [5.74, 6) is 0.691. The van der Waals surface area contributed by atoms with Gasteiger partial charge in [-0.3, -0.25) is 4.79 Å². The zero-order valence-corrected chi connectivity index (χ0v) is 20.3. The van der Waals surface area contributed by atoms with Crippen LogP contribution in [-0.4, -0.2) is 74.8 Å². The lowest BCUT2D eigenvalue weighted by atomic mass is 9.88. The van der Waals surface area contributed by atoms with Crippen LogP contribution in [0.3, 0.4) is 0 Å². The molecule has 1 aromatic carbocycles. The Morgan fingerprint density at radius 3 is 2.83 bits per heavy atom. The van der Waals surface area contributed by atoms with E-state index >= 15 is 0 Å². The van der Waals surface area contributed by atoms with Crippen LogP contribution in [0.25, 0.3) is 22.2 Å². The Kier molecular flexibility index (Phi) is 6.42. The number of ether oxygens (including phenoxy) is 2. The molecule has 0 radical (unpaired) electrons. The molecule has 0 aliphatic carbocycles. The highest BCUT2D eigenvalue weighted by Crippen LogP contribution is 2.40. The molecule has 3 aromatic rings. The standard InChI is InChI=1S/C26H30FN5O3/c1-28-7-9-35-25-5-4-16(13-29-25)21-11-23(18-10-20(27)24(34-3)12-22(18)30-21)32-14-17-6-8-31(2)26(33)19(17)15-32/h4-5,10-13,17,19,28H,6-9,14-15H2,1-3H3. The number of carbonyl (C=O) groups excluding carboxylic acids is 1. The number of aromatic nitrogens is 2. The molecule has 9 heteroatoms. The molecule has 5 rings (SSSR count). The fraction of sp³-hybridized carbons (Fsp3) is 0.423. The highest BCUT2D eigenvalue weighted by Gasteiger charge is 2.42. The van der Waals surface area contributed by atoms with Crippen molar-refractivity contribution in [2.24, 2.45) is 11.8 Å². The maximum absolute atomic E-state index is 14.7. The first-order valence-corrected chi connectivity index (χ1v) is 11.9. The van der Waals surface area contributed by atoms with Crippen molar-refractivity contribution in [3.05, 3.63) is 42.3 Å². The van der Waals surface area contributed by atoms with Gasteiger partial charge in [-0.05, 0) is 37.6 Å². The van der Waals surface area contributed by atoms with Crippen LogP contribution in [0.5, 0.6) is 11.6 Å². The van der Waals surface area contributed by atoms with Gasteiger partial charge in [0.05, 0.1) is 24.2 Å². The molecule has 0 bridgehead atoms. The second kappa shape index (κ2) is 9.65. The summed E-state index contributed by atoms with van der Waals surface area (Å²) in [6, 6.07) is 8.82. The van der Waals surface area contributed by atoms with Gasteiger partial charge in [0, 0.05) is 68.2 Å². The predicted molar refractivity (Wildman–Crippen MR) is 132 cm³/mol. The molecule has 2 aromatic heterocycles. The molecule has 1 amide bonds. The van der Waals surface area contributed by atoms with Gasteiger partial charge in [0.25, 0.3) is 0 Å². The minimum absolute atomic E-state index is 0.0424. The minimum atomic E-state index is -0.437. The fourth-order valence-electron chi connectivity index (χ4n) is 5.04. The zero-order valence-electron chi connectivity index (χ0n) is 20.3. The van der Waals surface area contributed by atoms with Crippen molar-refractivity contribution >= 4 is 22.5 Å². The van der Waals surface area contributed by atoms with Crippen molar-refractivity contribution in [1.29, 1.82) is 0 Å². The van der Waals surface area contributed by atoms with Crippen LogP contribution in [0, 0.1) is 17.7 Å². The summed E-state index contributed by atoms with van der Waals surface area (Å²) in [6.07, 6.45) is 2.70. The van der Waals surface area contributed by atoms with Gasteiger partial charge in [-0.1, -0.05) is 0 Å². The quantitative estimate of drug-likeness (QED) is 0.522. The third kappa shape index (κ3) is 4.48. The number of methoxy groups -OCH3 is 1. The van der Waals surface area contributed by atoms with Crippen molar-refractivity contribution in [3.8, 4) is 22.9 Å². The lowest BCUT2D eigenvalue weighted by molar-refractivity contribution is -0.137. The second-order valence-corrected chi connectivity index (χ2v) is 9.19. The minimum Gasteiger partial charge on any atom is -0.494 e. The first-order chi connectivity index (χ1) is 17.0. The average molecular weight is 480 g/mol. The van der Waals surface area contributed by atoms with Gasteiger partial charge in [0.2, 0.25) is 11.8 Å². The number of hydrogen-bond donors (Lipinski definition) is 1. The number of rotatable bonds is 7. The summed E-state index contributed by atoms with van der Waals surface area (Å²) in [5, 5.41) is 3.73. The maximum atomic E-state index is 14.7. The predicted octanol–water partition coefficient (Wildman–Crippen LogP) is 2.96. The first-order valence-electron chi connectivity index (χ1n) is 11.9. The van der Waals surface area contributed by atoms with Gasteiger partial charge in [-0.2, -0.15) is 0 Å². The smallest absolute Gasteiger partial charge is 0.227 e. The van der Waals surface area contributed by atoms with Crippen LogP contribution in [0.1, 0.15) is 6.42 Å². The second-order valence-electron chi connectivity index (χ2n) is 9.19. The number of carbonyl (C=O) groups is 1. The van der Waals surface area contributed by atoms with E-state index in [0.29, 0.717) is 41.5 Å².